The Bertz CT molecular complexity index is 815. The Kier molecular flexibility index (Phi) is 7.66. The first-order valence-electron chi connectivity index (χ1n) is 10.1. The van der Waals surface area contributed by atoms with Crippen LogP contribution in [-0.2, 0) is 9.59 Å². The Morgan fingerprint density at radius 1 is 1.14 bits per heavy atom. The van der Waals surface area contributed by atoms with Crippen LogP contribution < -0.4 is 15.4 Å². The fourth-order valence-electron chi connectivity index (χ4n) is 3.70. The van der Waals surface area contributed by atoms with Gasteiger partial charge in [-0.25, -0.2) is 0 Å². The van der Waals surface area contributed by atoms with Crippen molar-refractivity contribution >= 4 is 28.8 Å². The summed E-state index contributed by atoms with van der Waals surface area (Å²) in [6.07, 6.45) is 4.84. The minimum Gasteiger partial charge on any atom is -0.495 e. The van der Waals surface area contributed by atoms with Gasteiger partial charge in [-0.15, -0.1) is 0 Å². The second-order valence-corrected chi connectivity index (χ2v) is 8.17. The molecule has 3 rings (SSSR count). The molecule has 29 heavy (non-hydrogen) atoms. The number of anilines is 1. The lowest BCUT2D eigenvalue weighted by Crippen LogP contribution is -2.42. The number of amides is 2. The minimum atomic E-state index is -0.686. The van der Waals surface area contributed by atoms with Gasteiger partial charge < -0.3 is 15.4 Å². The van der Waals surface area contributed by atoms with Crippen molar-refractivity contribution in [1.82, 2.24) is 10.2 Å². The molecule has 1 atom stereocenters. The number of thiophene rings is 1. The average Bonchev–Trinajstić information content (AvgIpc) is 3.11. The van der Waals surface area contributed by atoms with Gasteiger partial charge in [-0.2, -0.15) is 11.3 Å². The molecule has 0 bridgehead atoms. The van der Waals surface area contributed by atoms with Gasteiger partial charge in [0.2, 0.25) is 0 Å². The van der Waals surface area contributed by atoms with Gasteiger partial charge in [0.1, 0.15) is 5.75 Å². The highest BCUT2D eigenvalue weighted by atomic mass is 32.1. The monoisotopic (exact) mass is 415 g/mol. The van der Waals surface area contributed by atoms with E-state index in [0.717, 1.165) is 18.7 Å². The molecule has 7 heteroatoms. The molecule has 0 aliphatic carbocycles. The van der Waals surface area contributed by atoms with Crippen molar-refractivity contribution in [3.63, 3.8) is 0 Å². The Balaban J connectivity index is 1.63. The topological polar surface area (TPSA) is 70.7 Å². The van der Waals surface area contributed by atoms with Crippen LogP contribution >= 0.6 is 11.3 Å². The molecular formula is C22H29N3O3S. The first-order valence-corrected chi connectivity index (χ1v) is 11.0. The summed E-state index contributed by atoms with van der Waals surface area (Å²) in [6.45, 7) is 4.36. The number of nitrogens with one attached hydrogen (secondary N) is 2. The molecule has 2 aromatic rings. The third-order valence-electron chi connectivity index (χ3n) is 5.27. The maximum atomic E-state index is 12.5. The number of carbonyl (C=O) groups excluding carboxylic acids is 2. The van der Waals surface area contributed by atoms with Gasteiger partial charge in [0.25, 0.3) is 0 Å². The first-order chi connectivity index (χ1) is 14.1. The smallest absolute Gasteiger partial charge is 0.313 e. The van der Waals surface area contributed by atoms with Crippen molar-refractivity contribution in [1.29, 1.82) is 0 Å². The highest BCUT2D eigenvalue weighted by Gasteiger charge is 2.24. The van der Waals surface area contributed by atoms with Crippen molar-refractivity contribution in [2.24, 2.45) is 0 Å². The lowest BCUT2D eigenvalue weighted by molar-refractivity contribution is -0.136. The Labute approximate surface area is 176 Å². The minimum absolute atomic E-state index is 0.0876. The van der Waals surface area contributed by atoms with Crippen LogP contribution in [0.4, 0.5) is 5.69 Å². The Morgan fingerprint density at radius 3 is 2.55 bits per heavy atom. The summed E-state index contributed by atoms with van der Waals surface area (Å²) in [6, 6.07) is 7.64. The summed E-state index contributed by atoms with van der Waals surface area (Å²) in [7, 11) is 1.53. The number of hydrogen-bond acceptors (Lipinski definition) is 5. The van der Waals surface area contributed by atoms with Crippen molar-refractivity contribution in [3.05, 3.63) is 46.2 Å². The van der Waals surface area contributed by atoms with Crippen LogP contribution in [0.15, 0.2) is 35.0 Å². The van der Waals surface area contributed by atoms with Crippen molar-refractivity contribution in [2.45, 2.75) is 38.6 Å². The molecule has 1 aromatic heterocycles. The molecule has 1 fully saturated rings. The van der Waals surface area contributed by atoms with E-state index in [9.17, 15) is 9.59 Å². The molecule has 1 aliphatic heterocycles. The number of nitrogens with zero attached hydrogens (tertiary/aromatic N) is 1. The molecule has 2 heterocycles. The number of likely N-dealkylation sites (tertiary alicyclic amines) is 1. The first kappa shape index (κ1) is 21.3. The lowest BCUT2D eigenvalue weighted by atomic mass is 10.1. The zero-order valence-electron chi connectivity index (χ0n) is 17.1. The van der Waals surface area contributed by atoms with E-state index in [0.29, 0.717) is 18.0 Å². The Hall–Kier alpha value is -2.38. The molecule has 0 radical (unpaired) electrons. The zero-order valence-corrected chi connectivity index (χ0v) is 17.9. The predicted molar refractivity (Wildman–Crippen MR) is 116 cm³/mol. The maximum absolute atomic E-state index is 12.5. The summed E-state index contributed by atoms with van der Waals surface area (Å²) in [5.74, 6) is -0.796. The van der Waals surface area contributed by atoms with E-state index in [4.69, 9.17) is 4.74 Å². The van der Waals surface area contributed by atoms with Gasteiger partial charge in [0, 0.05) is 6.54 Å². The van der Waals surface area contributed by atoms with E-state index < -0.39 is 11.8 Å². The van der Waals surface area contributed by atoms with Gasteiger partial charge in [0.15, 0.2) is 0 Å². The van der Waals surface area contributed by atoms with Gasteiger partial charge in [-0.1, -0.05) is 18.9 Å². The maximum Gasteiger partial charge on any atom is 0.313 e. The third kappa shape index (κ3) is 5.81. The molecule has 1 aromatic carbocycles. The van der Waals surface area contributed by atoms with Gasteiger partial charge >= 0.3 is 11.8 Å². The van der Waals surface area contributed by atoms with E-state index >= 15 is 0 Å². The number of ether oxygens (including phenoxy) is 1. The lowest BCUT2D eigenvalue weighted by Gasteiger charge is -2.30. The molecule has 2 amide bonds. The number of carbonyl (C=O) groups is 2. The molecule has 6 nitrogen and oxygen atoms in total. The highest BCUT2D eigenvalue weighted by Crippen LogP contribution is 2.26. The fourth-order valence-corrected chi connectivity index (χ4v) is 4.40. The summed E-state index contributed by atoms with van der Waals surface area (Å²) in [5, 5.41) is 9.67. The molecule has 0 unspecified atom stereocenters. The third-order valence-corrected chi connectivity index (χ3v) is 5.98. The highest BCUT2D eigenvalue weighted by molar-refractivity contribution is 7.08. The number of benzene rings is 1. The predicted octanol–water partition coefficient (Wildman–Crippen LogP) is 3.74. The van der Waals surface area contributed by atoms with Crippen LogP contribution in [0.3, 0.4) is 0 Å². The summed E-state index contributed by atoms with van der Waals surface area (Å²) < 4.78 is 5.27. The van der Waals surface area contributed by atoms with E-state index in [1.165, 1.54) is 38.4 Å². The number of rotatable bonds is 6. The molecule has 2 N–H and O–H groups in total. The molecular weight excluding hydrogens is 386 g/mol. The van der Waals surface area contributed by atoms with Gasteiger partial charge in [-0.05, 0) is 72.9 Å². The normalized spacial score (nSPS) is 15.9. The fraction of sp³-hybridized carbons (Fsp3) is 0.455. The van der Waals surface area contributed by atoms with Gasteiger partial charge in [0.05, 0.1) is 18.8 Å². The van der Waals surface area contributed by atoms with Crippen molar-refractivity contribution < 1.29 is 14.3 Å². The van der Waals surface area contributed by atoms with Crippen LogP contribution in [0.25, 0.3) is 0 Å². The molecule has 1 saturated heterocycles. The molecule has 0 saturated carbocycles. The summed E-state index contributed by atoms with van der Waals surface area (Å²) >= 11 is 1.65. The second-order valence-electron chi connectivity index (χ2n) is 7.39. The van der Waals surface area contributed by atoms with Gasteiger partial charge in [-0.3, -0.25) is 14.5 Å². The van der Waals surface area contributed by atoms with Crippen LogP contribution in [0.5, 0.6) is 5.75 Å². The number of methoxy groups -OCH3 is 1. The van der Waals surface area contributed by atoms with Crippen LogP contribution in [0, 0.1) is 6.92 Å². The van der Waals surface area contributed by atoms with Crippen LogP contribution in [0.2, 0.25) is 0 Å². The largest absolute Gasteiger partial charge is 0.495 e. The molecule has 156 valence electrons. The van der Waals surface area contributed by atoms with Crippen LogP contribution in [-0.4, -0.2) is 43.5 Å². The quantitative estimate of drug-likeness (QED) is 0.705. The zero-order chi connectivity index (χ0) is 20.6. The van der Waals surface area contributed by atoms with E-state index in [2.05, 4.69) is 32.4 Å². The van der Waals surface area contributed by atoms with E-state index in [1.54, 1.807) is 23.5 Å². The SMILES string of the molecule is COc1ccc(C)cc1NC(=O)C(=O)NC[C@H](c1ccsc1)N1CCCCCC1. The van der Waals surface area contributed by atoms with E-state index in [1.807, 2.05) is 13.0 Å². The second kappa shape index (κ2) is 10.4. The molecule has 1 aliphatic rings. The Morgan fingerprint density at radius 2 is 1.90 bits per heavy atom. The summed E-state index contributed by atoms with van der Waals surface area (Å²) in [5.41, 5.74) is 2.66. The average molecular weight is 416 g/mol. The molecule has 0 spiro atoms. The van der Waals surface area contributed by atoms with Crippen LogP contribution in [0.1, 0.15) is 42.9 Å². The van der Waals surface area contributed by atoms with Crippen molar-refractivity contribution in [2.75, 3.05) is 32.1 Å². The van der Waals surface area contributed by atoms with E-state index in [-0.39, 0.29) is 6.04 Å². The number of hydrogen-bond donors (Lipinski definition) is 2. The summed E-state index contributed by atoms with van der Waals surface area (Å²) in [4.78, 5) is 27.3. The van der Waals surface area contributed by atoms with Crippen molar-refractivity contribution in [3.8, 4) is 5.75 Å². The number of aryl methyl sites for hydroxylation is 1. The standard InChI is InChI=1S/C22H29N3O3S/c1-16-7-8-20(28-2)18(13-16)24-22(27)21(26)23-14-19(17-9-12-29-15-17)25-10-5-3-4-6-11-25/h7-9,12-13,15,19H,3-6,10-11,14H2,1-2H3,(H,23,26)(H,24,27)/t19-/m1/s1.